The van der Waals surface area contributed by atoms with Gasteiger partial charge in [0.05, 0.1) is 27.9 Å². The van der Waals surface area contributed by atoms with Crippen molar-refractivity contribution >= 4 is 17.9 Å². The lowest BCUT2D eigenvalue weighted by Crippen LogP contribution is -2.05. The number of rotatable bonds is 9. The summed E-state index contributed by atoms with van der Waals surface area (Å²) in [5, 5.41) is 0. The molecule has 0 atom stereocenters. The van der Waals surface area contributed by atoms with Crippen LogP contribution in [0.25, 0.3) is 6.08 Å². The number of ether oxygens (including phenoxy) is 5. The third-order valence-electron chi connectivity index (χ3n) is 4.48. The van der Waals surface area contributed by atoms with Gasteiger partial charge in [0.2, 0.25) is 11.6 Å². The largest absolute Gasteiger partial charge is 0.494 e. The lowest BCUT2D eigenvalue weighted by atomic mass is 10.1. The van der Waals surface area contributed by atoms with Gasteiger partial charge in [-0.15, -0.1) is 0 Å². The Hall–Kier alpha value is -3.48. The van der Waals surface area contributed by atoms with E-state index < -0.39 is 5.97 Å². The van der Waals surface area contributed by atoms with E-state index in [4.69, 9.17) is 23.7 Å². The predicted molar refractivity (Wildman–Crippen MR) is 114 cm³/mol. The summed E-state index contributed by atoms with van der Waals surface area (Å²) in [5.41, 5.74) is 1.54. The summed E-state index contributed by atoms with van der Waals surface area (Å²) in [6.45, 7) is 2.79. The van der Waals surface area contributed by atoms with Crippen LogP contribution in [0.5, 0.6) is 23.0 Å². The van der Waals surface area contributed by atoms with Gasteiger partial charge in [0, 0.05) is 5.56 Å². The molecule has 1 heterocycles. The normalized spacial score (nSPS) is 14.3. The van der Waals surface area contributed by atoms with Crippen molar-refractivity contribution < 1.29 is 28.5 Å². The lowest BCUT2D eigenvalue weighted by Gasteiger charge is -2.12. The fraction of sp³-hybridized carbons (Fsp3) is 0.304. The minimum absolute atomic E-state index is 0.183. The molecule has 7 heteroatoms. The van der Waals surface area contributed by atoms with Crippen LogP contribution >= 0.6 is 0 Å². The highest BCUT2D eigenvalue weighted by Gasteiger charge is 2.24. The van der Waals surface area contributed by atoms with E-state index in [-0.39, 0.29) is 11.6 Å². The number of aliphatic imine (C=N–C) groups is 1. The number of benzene rings is 2. The van der Waals surface area contributed by atoms with Crippen molar-refractivity contribution in [2.45, 2.75) is 19.8 Å². The van der Waals surface area contributed by atoms with Crippen LogP contribution in [0.15, 0.2) is 47.1 Å². The van der Waals surface area contributed by atoms with Gasteiger partial charge >= 0.3 is 5.97 Å². The SMILES string of the molecule is CCCCOc1ccc(C2=NC(=Cc3cc(OC)c(OC)c(OC)c3)C(=O)O2)cc1. The highest BCUT2D eigenvalue weighted by atomic mass is 16.6. The van der Waals surface area contributed by atoms with Crippen LogP contribution in [-0.4, -0.2) is 39.8 Å². The zero-order valence-corrected chi connectivity index (χ0v) is 17.6. The first-order valence-corrected chi connectivity index (χ1v) is 9.65. The van der Waals surface area contributed by atoms with Crippen LogP contribution in [0.1, 0.15) is 30.9 Å². The lowest BCUT2D eigenvalue weighted by molar-refractivity contribution is -0.129. The van der Waals surface area contributed by atoms with Gasteiger partial charge in [0.1, 0.15) is 5.75 Å². The van der Waals surface area contributed by atoms with E-state index in [0.717, 1.165) is 18.6 Å². The van der Waals surface area contributed by atoms with Crippen LogP contribution in [-0.2, 0) is 9.53 Å². The second-order valence-electron chi connectivity index (χ2n) is 6.52. The molecule has 0 N–H and O–H groups in total. The first kappa shape index (κ1) is 21.2. The molecule has 0 saturated heterocycles. The summed E-state index contributed by atoms with van der Waals surface area (Å²) in [5.74, 6) is 1.93. The molecular weight excluding hydrogens is 386 g/mol. The summed E-state index contributed by atoms with van der Waals surface area (Å²) in [6, 6.07) is 10.8. The molecule has 0 amide bonds. The number of unbranched alkanes of at least 4 members (excludes halogenated alkanes) is 1. The number of methoxy groups -OCH3 is 3. The molecule has 0 bridgehead atoms. The maximum atomic E-state index is 12.3. The number of hydrogen-bond donors (Lipinski definition) is 0. The molecule has 0 aliphatic carbocycles. The van der Waals surface area contributed by atoms with Crippen molar-refractivity contribution in [3.05, 3.63) is 53.2 Å². The average molecular weight is 411 g/mol. The molecule has 2 aromatic rings. The Kier molecular flexibility index (Phi) is 6.95. The van der Waals surface area contributed by atoms with Crippen LogP contribution in [0.2, 0.25) is 0 Å². The Morgan fingerprint density at radius 3 is 2.23 bits per heavy atom. The highest BCUT2D eigenvalue weighted by molar-refractivity contribution is 6.12. The second-order valence-corrected chi connectivity index (χ2v) is 6.52. The second kappa shape index (κ2) is 9.82. The summed E-state index contributed by atoms with van der Waals surface area (Å²) < 4.78 is 27.0. The molecule has 1 aliphatic heterocycles. The molecule has 1 aliphatic rings. The van der Waals surface area contributed by atoms with Gasteiger partial charge in [-0.2, -0.15) is 0 Å². The van der Waals surface area contributed by atoms with Crippen molar-refractivity contribution in [1.82, 2.24) is 0 Å². The van der Waals surface area contributed by atoms with Gasteiger partial charge in [0.25, 0.3) is 0 Å². The maximum absolute atomic E-state index is 12.3. The third kappa shape index (κ3) is 4.74. The first-order valence-electron chi connectivity index (χ1n) is 9.65. The molecule has 2 aromatic carbocycles. The van der Waals surface area contributed by atoms with Crippen molar-refractivity contribution in [3.8, 4) is 23.0 Å². The monoisotopic (exact) mass is 411 g/mol. The van der Waals surface area contributed by atoms with Crippen molar-refractivity contribution in [1.29, 1.82) is 0 Å². The summed E-state index contributed by atoms with van der Waals surface area (Å²) in [7, 11) is 4.59. The van der Waals surface area contributed by atoms with Crippen molar-refractivity contribution in [2.75, 3.05) is 27.9 Å². The number of carbonyl (C=O) groups is 1. The standard InChI is InChI=1S/C23H25NO6/c1-5-6-11-29-17-9-7-16(8-10-17)22-24-18(23(25)30-22)12-15-13-19(26-2)21(28-4)20(14-15)27-3/h7-10,12-14H,5-6,11H2,1-4H3. The summed E-state index contributed by atoms with van der Waals surface area (Å²) in [4.78, 5) is 16.7. The first-order chi connectivity index (χ1) is 14.6. The Morgan fingerprint density at radius 1 is 1.00 bits per heavy atom. The van der Waals surface area contributed by atoms with Gasteiger partial charge in [-0.1, -0.05) is 13.3 Å². The number of carbonyl (C=O) groups excluding carboxylic acids is 1. The Morgan fingerprint density at radius 2 is 1.67 bits per heavy atom. The number of esters is 1. The van der Waals surface area contributed by atoms with Crippen LogP contribution in [0.4, 0.5) is 0 Å². The molecule has 3 rings (SSSR count). The van der Waals surface area contributed by atoms with Gasteiger partial charge < -0.3 is 23.7 Å². The van der Waals surface area contributed by atoms with E-state index in [2.05, 4.69) is 11.9 Å². The molecule has 30 heavy (non-hydrogen) atoms. The Bertz CT molecular complexity index is 937. The van der Waals surface area contributed by atoms with Crippen LogP contribution < -0.4 is 18.9 Å². The molecule has 0 spiro atoms. The van der Waals surface area contributed by atoms with Gasteiger partial charge in [-0.05, 0) is 54.5 Å². The minimum Gasteiger partial charge on any atom is -0.494 e. The zero-order chi connectivity index (χ0) is 21.5. The molecular formula is C23H25NO6. The van der Waals surface area contributed by atoms with Crippen LogP contribution in [0.3, 0.4) is 0 Å². The number of nitrogens with zero attached hydrogens (tertiary/aromatic N) is 1. The highest BCUT2D eigenvalue weighted by Crippen LogP contribution is 2.39. The smallest absolute Gasteiger partial charge is 0.363 e. The van der Waals surface area contributed by atoms with Crippen molar-refractivity contribution in [3.63, 3.8) is 0 Å². The van der Waals surface area contributed by atoms with E-state index in [9.17, 15) is 4.79 Å². The van der Waals surface area contributed by atoms with Gasteiger partial charge in [-0.25, -0.2) is 9.79 Å². The van der Waals surface area contributed by atoms with Crippen molar-refractivity contribution in [2.24, 2.45) is 4.99 Å². The number of cyclic esters (lactones) is 1. The fourth-order valence-electron chi connectivity index (χ4n) is 2.90. The van der Waals surface area contributed by atoms with Crippen LogP contribution in [0, 0.1) is 0 Å². The van der Waals surface area contributed by atoms with E-state index in [1.54, 1.807) is 18.2 Å². The van der Waals surface area contributed by atoms with E-state index in [1.165, 1.54) is 21.3 Å². The summed E-state index contributed by atoms with van der Waals surface area (Å²) >= 11 is 0. The quantitative estimate of drug-likeness (QED) is 0.349. The molecule has 0 aromatic heterocycles. The summed E-state index contributed by atoms with van der Waals surface area (Å²) in [6.07, 6.45) is 3.69. The molecule has 158 valence electrons. The zero-order valence-electron chi connectivity index (χ0n) is 17.6. The molecule has 0 unspecified atom stereocenters. The minimum atomic E-state index is -0.526. The fourth-order valence-corrected chi connectivity index (χ4v) is 2.90. The van der Waals surface area contributed by atoms with E-state index in [0.29, 0.717) is 35.0 Å². The van der Waals surface area contributed by atoms with E-state index in [1.807, 2.05) is 24.3 Å². The van der Waals surface area contributed by atoms with E-state index >= 15 is 0 Å². The predicted octanol–water partition coefficient (Wildman–Crippen LogP) is 4.24. The molecule has 7 nitrogen and oxygen atoms in total. The Labute approximate surface area is 175 Å². The average Bonchev–Trinajstić information content (AvgIpc) is 3.13. The number of hydrogen-bond acceptors (Lipinski definition) is 7. The Balaban J connectivity index is 1.84. The third-order valence-corrected chi connectivity index (χ3v) is 4.48. The molecule has 0 fully saturated rings. The van der Waals surface area contributed by atoms with Gasteiger partial charge in [-0.3, -0.25) is 0 Å². The van der Waals surface area contributed by atoms with Gasteiger partial charge in [0.15, 0.2) is 17.2 Å². The molecule has 0 radical (unpaired) electrons. The molecule has 0 saturated carbocycles. The maximum Gasteiger partial charge on any atom is 0.363 e. The topological polar surface area (TPSA) is 75.6 Å².